The van der Waals surface area contributed by atoms with Crippen molar-refractivity contribution < 1.29 is 14.0 Å². The number of nitrogens with zero attached hydrogens (tertiary/aromatic N) is 1. The predicted octanol–water partition coefficient (Wildman–Crippen LogP) is 3.04. The molecule has 108 valence electrons. The van der Waals surface area contributed by atoms with Crippen LogP contribution in [0.5, 0.6) is 5.88 Å². The van der Waals surface area contributed by atoms with Gasteiger partial charge in [-0.1, -0.05) is 12.1 Å². The predicted molar refractivity (Wildman–Crippen MR) is 80.6 cm³/mol. The number of hydrogen-bond acceptors (Lipinski definition) is 4. The minimum absolute atomic E-state index is 0.313. The van der Waals surface area contributed by atoms with Crippen LogP contribution in [-0.2, 0) is 9.31 Å². The van der Waals surface area contributed by atoms with Gasteiger partial charge in [0.05, 0.1) is 18.3 Å². The fraction of sp³-hybridized carbons (Fsp3) is 0.533. The lowest BCUT2D eigenvalue weighted by Crippen LogP contribution is -2.41. The molecular weight excluding hydrogens is 253 g/mol. The summed E-state index contributed by atoms with van der Waals surface area (Å²) in [7, 11) is 1.29. The second-order valence-electron chi connectivity index (χ2n) is 6.02. The molecule has 1 aromatic rings. The Bertz CT molecular complexity index is 510. The van der Waals surface area contributed by atoms with Gasteiger partial charge >= 0.3 is 7.12 Å². The van der Waals surface area contributed by atoms with Gasteiger partial charge in [0, 0.05) is 11.8 Å². The molecule has 0 atom stereocenters. The van der Waals surface area contributed by atoms with Crippen molar-refractivity contribution in [1.82, 2.24) is 4.98 Å². The molecule has 2 rings (SSSR count). The number of aromatic nitrogens is 1. The molecule has 5 heteroatoms. The van der Waals surface area contributed by atoms with Crippen molar-refractivity contribution in [2.75, 3.05) is 7.11 Å². The third-order valence-corrected chi connectivity index (χ3v) is 4.10. The van der Waals surface area contributed by atoms with Crippen LogP contribution in [0.25, 0.3) is 6.08 Å². The first-order chi connectivity index (χ1) is 9.27. The van der Waals surface area contributed by atoms with Crippen LogP contribution in [0.15, 0.2) is 18.2 Å². The molecule has 0 aromatic carbocycles. The summed E-state index contributed by atoms with van der Waals surface area (Å²) in [6.45, 7) is 10.2. The molecule has 1 fully saturated rings. The van der Waals surface area contributed by atoms with Gasteiger partial charge in [0.25, 0.3) is 0 Å². The number of rotatable bonds is 3. The van der Waals surface area contributed by atoms with Crippen molar-refractivity contribution in [3.63, 3.8) is 0 Å². The Labute approximate surface area is 121 Å². The van der Waals surface area contributed by atoms with Gasteiger partial charge in [-0.2, -0.15) is 0 Å². The van der Waals surface area contributed by atoms with Crippen LogP contribution in [0.1, 0.15) is 38.8 Å². The van der Waals surface area contributed by atoms with Crippen molar-refractivity contribution in [3.8, 4) is 5.88 Å². The van der Waals surface area contributed by atoms with Gasteiger partial charge in [0.15, 0.2) is 0 Å². The Hall–Kier alpha value is -1.33. The fourth-order valence-electron chi connectivity index (χ4n) is 2.07. The van der Waals surface area contributed by atoms with Crippen LogP contribution in [0.2, 0.25) is 0 Å². The van der Waals surface area contributed by atoms with Crippen molar-refractivity contribution in [2.24, 2.45) is 0 Å². The number of methoxy groups -OCH3 is 1. The second-order valence-corrected chi connectivity index (χ2v) is 6.02. The van der Waals surface area contributed by atoms with Gasteiger partial charge in [-0.05, 0) is 46.2 Å². The third-order valence-electron chi connectivity index (χ3n) is 4.10. The normalized spacial score (nSPS) is 20.6. The summed E-state index contributed by atoms with van der Waals surface area (Å²) in [4.78, 5) is 4.16. The van der Waals surface area contributed by atoms with Crippen molar-refractivity contribution in [3.05, 3.63) is 29.4 Å². The van der Waals surface area contributed by atoms with Crippen LogP contribution >= 0.6 is 0 Å². The number of hydrogen-bond donors (Lipinski definition) is 0. The lowest BCUT2D eigenvalue weighted by molar-refractivity contribution is 0.00578. The fourth-order valence-corrected chi connectivity index (χ4v) is 2.07. The first-order valence-corrected chi connectivity index (χ1v) is 6.80. The summed E-state index contributed by atoms with van der Waals surface area (Å²) >= 11 is 0. The highest BCUT2D eigenvalue weighted by Crippen LogP contribution is 2.37. The molecule has 0 amide bonds. The van der Waals surface area contributed by atoms with E-state index >= 15 is 0 Å². The largest absolute Gasteiger partial charge is 0.487 e. The summed E-state index contributed by atoms with van der Waals surface area (Å²) in [6, 6.07) is 1.94. The van der Waals surface area contributed by atoms with E-state index in [9.17, 15) is 0 Å². The quantitative estimate of drug-likeness (QED) is 0.795. The van der Waals surface area contributed by atoms with Crippen LogP contribution in [-0.4, -0.2) is 30.4 Å². The molecule has 20 heavy (non-hydrogen) atoms. The van der Waals surface area contributed by atoms with E-state index in [0.717, 1.165) is 11.1 Å². The van der Waals surface area contributed by atoms with Crippen LogP contribution in [0, 0.1) is 6.92 Å². The van der Waals surface area contributed by atoms with Gasteiger partial charge in [0.1, 0.15) is 0 Å². The number of pyridine rings is 1. The van der Waals surface area contributed by atoms with Gasteiger partial charge in [0.2, 0.25) is 5.88 Å². The Morgan fingerprint density at radius 2 is 1.80 bits per heavy atom. The zero-order valence-electron chi connectivity index (χ0n) is 13.1. The van der Waals surface area contributed by atoms with Crippen LogP contribution < -0.4 is 4.74 Å². The smallest absolute Gasteiger partial charge is 0.481 e. The van der Waals surface area contributed by atoms with E-state index in [4.69, 9.17) is 14.0 Å². The topological polar surface area (TPSA) is 40.6 Å². The molecule has 0 N–H and O–H groups in total. The molecule has 1 aromatic heterocycles. The van der Waals surface area contributed by atoms with Crippen LogP contribution in [0.4, 0.5) is 0 Å². The first kappa shape index (κ1) is 15.1. The highest BCUT2D eigenvalue weighted by molar-refractivity contribution is 6.52. The zero-order chi connectivity index (χ0) is 15.0. The summed E-state index contributed by atoms with van der Waals surface area (Å²) in [5.41, 5.74) is 1.43. The Morgan fingerprint density at radius 3 is 2.35 bits per heavy atom. The summed E-state index contributed by atoms with van der Waals surface area (Å²) < 4.78 is 17.1. The molecule has 0 spiro atoms. The molecule has 1 aliphatic rings. The Balaban J connectivity index is 2.16. The van der Waals surface area contributed by atoms with Crippen molar-refractivity contribution >= 4 is 13.2 Å². The van der Waals surface area contributed by atoms with Gasteiger partial charge in [-0.15, -0.1) is 0 Å². The van der Waals surface area contributed by atoms with E-state index in [-0.39, 0.29) is 18.3 Å². The minimum Gasteiger partial charge on any atom is -0.481 e. The Kier molecular flexibility index (Phi) is 3.94. The van der Waals surface area contributed by atoms with E-state index in [1.807, 2.05) is 52.7 Å². The molecule has 4 nitrogen and oxygen atoms in total. The maximum atomic E-state index is 5.93. The van der Waals surface area contributed by atoms with Gasteiger partial charge in [-0.25, -0.2) is 4.98 Å². The highest BCUT2D eigenvalue weighted by Gasteiger charge is 2.49. The monoisotopic (exact) mass is 275 g/mol. The first-order valence-electron chi connectivity index (χ1n) is 6.80. The molecule has 0 saturated carbocycles. The summed E-state index contributed by atoms with van der Waals surface area (Å²) in [5.74, 6) is 2.57. The standard InChI is InChI=1S/C15H22BNO3/c1-11-12(8-10-17-13(11)18-6)7-9-16-19-14(2,3)15(4,5)20-16/h7-10H,1-6H3/b9-7+. The van der Waals surface area contributed by atoms with E-state index < -0.39 is 0 Å². The zero-order valence-corrected chi connectivity index (χ0v) is 13.1. The maximum Gasteiger partial charge on any atom is 0.487 e. The molecule has 0 bridgehead atoms. The molecule has 2 heterocycles. The highest BCUT2D eigenvalue weighted by atomic mass is 16.7. The van der Waals surface area contributed by atoms with Gasteiger partial charge < -0.3 is 14.0 Å². The molecule has 0 unspecified atom stereocenters. The maximum absolute atomic E-state index is 5.93. The molecule has 1 saturated heterocycles. The number of ether oxygens (including phenoxy) is 1. The average Bonchev–Trinajstić information content (AvgIpc) is 2.56. The molecule has 1 aliphatic heterocycles. The lowest BCUT2D eigenvalue weighted by atomic mass is 9.89. The second kappa shape index (κ2) is 5.22. The molecule has 0 radical (unpaired) electrons. The third kappa shape index (κ3) is 2.74. The summed E-state index contributed by atoms with van der Waals surface area (Å²) in [6.07, 6.45) is 3.72. The van der Waals surface area contributed by atoms with Crippen molar-refractivity contribution in [1.29, 1.82) is 0 Å². The van der Waals surface area contributed by atoms with E-state index in [1.165, 1.54) is 0 Å². The Morgan fingerprint density at radius 1 is 1.20 bits per heavy atom. The SMILES string of the molecule is COc1nccc(/C=C/B2OC(C)(C)C(C)(C)O2)c1C. The lowest BCUT2D eigenvalue weighted by Gasteiger charge is -2.32. The van der Waals surface area contributed by atoms with Crippen LogP contribution in [0.3, 0.4) is 0 Å². The van der Waals surface area contributed by atoms with Gasteiger partial charge in [-0.3, -0.25) is 0 Å². The van der Waals surface area contributed by atoms with E-state index in [1.54, 1.807) is 13.3 Å². The summed E-state index contributed by atoms with van der Waals surface area (Å²) in [5, 5.41) is 0. The van der Waals surface area contributed by atoms with E-state index in [2.05, 4.69) is 4.98 Å². The average molecular weight is 275 g/mol. The van der Waals surface area contributed by atoms with E-state index in [0.29, 0.717) is 5.88 Å². The molecular formula is C15H22BNO3. The molecule has 0 aliphatic carbocycles. The minimum atomic E-state index is -0.335. The van der Waals surface area contributed by atoms with Crippen molar-refractivity contribution in [2.45, 2.75) is 45.8 Å².